The van der Waals surface area contributed by atoms with Crippen LogP contribution >= 0.6 is 0 Å². The van der Waals surface area contributed by atoms with E-state index in [1.165, 1.54) is 12.1 Å². The summed E-state index contributed by atoms with van der Waals surface area (Å²) >= 11 is 0. The van der Waals surface area contributed by atoms with Crippen molar-refractivity contribution in [2.75, 3.05) is 0 Å². The summed E-state index contributed by atoms with van der Waals surface area (Å²) in [7, 11) is 0. The first-order valence-corrected chi connectivity index (χ1v) is 4.46. The molecule has 0 spiro atoms. The Morgan fingerprint density at radius 1 is 1.36 bits per heavy atom. The molecule has 0 aromatic heterocycles. The average molecular weight is 193 g/mol. The Hall–Kier alpha value is -1.48. The molecule has 0 bridgehead atoms. The number of hydrogen-bond acceptors (Lipinski definition) is 3. The maximum Gasteiger partial charge on any atom is 0.157 e. The van der Waals surface area contributed by atoms with Gasteiger partial charge in [0, 0.05) is 6.04 Å². The van der Waals surface area contributed by atoms with Crippen molar-refractivity contribution in [1.82, 2.24) is 0 Å². The predicted octanol–water partition coefficient (Wildman–Crippen LogP) is 1.85. The molecule has 0 aliphatic carbocycles. The smallest absolute Gasteiger partial charge is 0.157 e. The molecule has 1 rings (SSSR count). The zero-order valence-corrected chi connectivity index (χ0v) is 8.36. The van der Waals surface area contributed by atoms with Gasteiger partial charge in [0.1, 0.15) is 0 Å². The van der Waals surface area contributed by atoms with E-state index in [2.05, 4.69) is 0 Å². The van der Waals surface area contributed by atoms with E-state index in [0.717, 1.165) is 11.1 Å². The van der Waals surface area contributed by atoms with Crippen LogP contribution in [0.3, 0.4) is 0 Å². The van der Waals surface area contributed by atoms with Crippen LogP contribution in [-0.2, 0) is 0 Å². The van der Waals surface area contributed by atoms with Gasteiger partial charge in [-0.05, 0) is 31.5 Å². The minimum Gasteiger partial charge on any atom is -0.504 e. The highest BCUT2D eigenvalue weighted by Crippen LogP contribution is 2.25. The molecule has 0 saturated heterocycles. The van der Waals surface area contributed by atoms with E-state index >= 15 is 0 Å². The number of rotatable bonds is 2. The lowest BCUT2D eigenvalue weighted by molar-refractivity contribution is 0.403. The summed E-state index contributed by atoms with van der Waals surface area (Å²) in [6.45, 7) is 3.82. The quantitative estimate of drug-likeness (QED) is 0.628. The Balaban J connectivity index is 2.98. The Morgan fingerprint density at radius 3 is 2.50 bits per heavy atom. The third kappa shape index (κ3) is 2.50. The number of phenolic OH excluding ortho intramolecular Hbond substituents is 2. The van der Waals surface area contributed by atoms with E-state index in [1.807, 2.05) is 19.9 Å². The van der Waals surface area contributed by atoms with Gasteiger partial charge in [0.25, 0.3) is 0 Å². The minimum absolute atomic E-state index is 0.00838. The van der Waals surface area contributed by atoms with Gasteiger partial charge in [-0.15, -0.1) is 0 Å². The van der Waals surface area contributed by atoms with Crippen molar-refractivity contribution in [3.63, 3.8) is 0 Å². The summed E-state index contributed by atoms with van der Waals surface area (Å²) < 4.78 is 0. The Labute approximate surface area is 83.5 Å². The minimum atomic E-state index is -0.115. The van der Waals surface area contributed by atoms with Crippen LogP contribution in [0.5, 0.6) is 11.5 Å². The first kappa shape index (κ1) is 10.6. The van der Waals surface area contributed by atoms with Gasteiger partial charge in [0.05, 0.1) is 0 Å². The van der Waals surface area contributed by atoms with Gasteiger partial charge in [-0.2, -0.15) is 0 Å². The van der Waals surface area contributed by atoms with Crippen molar-refractivity contribution in [2.45, 2.75) is 19.9 Å². The molecule has 1 atom stereocenters. The van der Waals surface area contributed by atoms with Crippen molar-refractivity contribution >= 4 is 6.08 Å². The largest absolute Gasteiger partial charge is 0.504 e. The fourth-order valence-electron chi connectivity index (χ4n) is 1.02. The fourth-order valence-corrected chi connectivity index (χ4v) is 1.02. The normalized spacial score (nSPS) is 14.1. The topological polar surface area (TPSA) is 66.5 Å². The van der Waals surface area contributed by atoms with Crippen LogP contribution in [-0.4, -0.2) is 16.3 Å². The van der Waals surface area contributed by atoms with Crippen molar-refractivity contribution in [3.8, 4) is 11.5 Å². The molecule has 0 aliphatic heterocycles. The molecular formula is C11H15NO2. The SMILES string of the molecule is C/C(=C\c1ccc(O)c(O)c1)C(C)N. The van der Waals surface area contributed by atoms with Crippen molar-refractivity contribution in [2.24, 2.45) is 5.73 Å². The highest BCUT2D eigenvalue weighted by atomic mass is 16.3. The number of hydrogen-bond donors (Lipinski definition) is 3. The van der Waals surface area contributed by atoms with E-state index in [1.54, 1.807) is 6.07 Å². The van der Waals surface area contributed by atoms with Crippen LogP contribution < -0.4 is 5.73 Å². The number of aromatic hydroxyl groups is 2. The second-order valence-electron chi connectivity index (χ2n) is 3.43. The van der Waals surface area contributed by atoms with Gasteiger partial charge in [-0.1, -0.05) is 17.7 Å². The van der Waals surface area contributed by atoms with E-state index in [-0.39, 0.29) is 17.5 Å². The van der Waals surface area contributed by atoms with Crippen molar-refractivity contribution < 1.29 is 10.2 Å². The highest BCUT2D eigenvalue weighted by molar-refractivity contribution is 5.57. The summed E-state index contributed by atoms with van der Waals surface area (Å²) in [6, 6.07) is 4.67. The standard InChI is InChI=1S/C11H15NO2/c1-7(8(2)12)5-9-3-4-10(13)11(14)6-9/h3-6,8,13-14H,12H2,1-2H3/b7-5+. The van der Waals surface area contributed by atoms with Crippen LogP contribution in [0.2, 0.25) is 0 Å². The molecule has 0 heterocycles. The maximum absolute atomic E-state index is 9.24. The van der Waals surface area contributed by atoms with Gasteiger partial charge in [0.2, 0.25) is 0 Å². The number of phenols is 2. The molecule has 1 aromatic carbocycles. The van der Waals surface area contributed by atoms with Gasteiger partial charge in [-0.25, -0.2) is 0 Å². The Bertz CT molecular complexity index is 356. The summed E-state index contributed by atoms with van der Waals surface area (Å²) in [4.78, 5) is 0. The zero-order chi connectivity index (χ0) is 10.7. The van der Waals surface area contributed by atoms with Gasteiger partial charge in [-0.3, -0.25) is 0 Å². The third-order valence-electron chi connectivity index (χ3n) is 2.11. The average Bonchev–Trinajstić information content (AvgIpc) is 2.11. The van der Waals surface area contributed by atoms with Crippen molar-refractivity contribution in [1.29, 1.82) is 0 Å². The predicted molar refractivity (Wildman–Crippen MR) is 57.1 cm³/mol. The van der Waals surface area contributed by atoms with Gasteiger partial charge >= 0.3 is 0 Å². The molecule has 14 heavy (non-hydrogen) atoms. The van der Waals surface area contributed by atoms with Crippen LogP contribution in [0.15, 0.2) is 23.8 Å². The maximum atomic E-state index is 9.24. The zero-order valence-electron chi connectivity index (χ0n) is 8.36. The molecular weight excluding hydrogens is 178 g/mol. The molecule has 0 radical (unpaired) electrons. The van der Waals surface area contributed by atoms with Gasteiger partial charge < -0.3 is 15.9 Å². The van der Waals surface area contributed by atoms with E-state index in [4.69, 9.17) is 10.8 Å². The molecule has 3 heteroatoms. The number of nitrogens with two attached hydrogens (primary N) is 1. The molecule has 0 saturated carbocycles. The second kappa shape index (κ2) is 4.15. The molecule has 0 aliphatic rings. The third-order valence-corrected chi connectivity index (χ3v) is 2.11. The second-order valence-corrected chi connectivity index (χ2v) is 3.43. The van der Waals surface area contributed by atoms with Crippen molar-refractivity contribution in [3.05, 3.63) is 29.3 Å². The summed E-state index contributed by atoms with van der Waals surface area (Å²) in [5, 5.41) is 18.3. The van der Waals surface area contributed by atoms with Gasteiger partial charge in [0.15, 0.2) is 11.5 Å². The Morgan fingerprint density at radius 2 is 2.00 bits per heavy atom. The van der Waals surface area contributed by atoms with E-state index in [0.29, 0.717) is 0 Å². The summed E-state index contributed by atoms with van der Waals surface area (Å²) in [6.07, 6.45) is 1.88. The fraction of sp³-hybridized carbons (Fsp3) is 0.273. The summed E-state index contributed by atoms with van der Waals surface area (Å²) in [5.41, 5.74) is 7.52. The first-order chi connectivity index (χ1) is 6.50. The lowest BCUT2D eigenvalue weighted by Gasteiger charge is -2.05. The molecule has 4 N–H and O–H groups in total. The number of benzene rings is 1. The van der Waals surface area contributed by atoms with Crippen LogP contribution in [0.4, 0.5) is 0 Å². The van der Waals surface area contributed by atoms with E-state index < -0.39 is 0 Å². The molecule has 76 valence electrons. The monoisotopic (exact) mass is 193 g/mol. The van der Waals surface area contributed by atoms with E-state index in [9.17, 15) is 5.11 Å². The molecule has 1 aromatic rings. The van der Waals surface area contributed by atoms with Crippen LogP contribution in [0.25, 0.3) is 6.08 Å². The lowest BCUT2D eigenvalue weighted by Crippen LogP contribution is -2.15. The molecule has 0 fully saturated rings. The van der Waals surface area contributed by atoms with Crippen LogP contribution in [0.1, 0.15) is 19.4 Å². The summed E-state index contributed by atoms with van der Waals surface area (Å²) in [5.74, 6) is -0.225. The van der Waals surface area contributed by atoms with Crippen LogP contribution in [0, 0.1) is 0 Å². The first-order valence-electron chi connectivity index (χ1n) is 4.46. The Kier molecular flexibility index (Phi) is 3.14. The molecule has 3 nitrogen and oxygen atoms in total. The highest BCUT2D eigenvalue weighted by Gasteiger charge is 2.00. The molecule has 0 amide bonds. The molecule has 1 unspecified atom stereocenters. The lowest BCUT2D eigenvalue weighted by atomic mass is 10.1.